The lowest BCUT2D eigenvalue weighted by molar-refractivity contribution is -0.137. The fourth-order valence-corrected chi connectivity index (χ4v) is 1.68. The molecule has 0 aliphatic carbocycles. The van der Waals surface area contributed by atoms with E-state index in [1.54, 1.807) is 19.1 Å². The predicted molar refractivity (Wildman–Crippen MR) is 75.4 cm³/mol. The van der Waals surface area contributed by atoms with Crippen LogP contribution in [0.2, 0.25) is 0 Å². The number of aromatic hydroxyl groups is 1. The highest BCUT2D eigenvalue weighted by atomic mass is 19.4. The smallest absolute Gasteiger partial charge is 0.416 e. The molecule has 0 heterocycles. The van der Waals surface area contributed by atoms with Crippen LogP contribution in [0, 0.1) is 0 Å². The number of benzene rings is 2. The molecule has 0 spiro atoms. The quantitative estimate of drug-likeness (QED) is 0.656. The van der Waals surface area contributed by atoms with E-state index < -0.39 is 11.7 Å². The summed E-state index contributed by atoms with van der Waals surface area (Å²) >= 11 is 0. The maximum Gasteiger partial charge on any atom is 0.416 e. The number of hydrogen-bond donors (Lipinski definition) is 2. The van der Waals surface area contributed by atoms with Crippen LogP contribution in [0.4, 0.5) is 18.9 Å². The summed E-state index contributed by atoms with van der Waals surface area (Å²) in [6.07, 6.45) is -4.38. The molecule has 0 amide bonds. The van der Waals surface area contributed by atoms with Gasteiger partial charge in [0.15, 0.2) is 0 Å². The van der Waals surface area contributed by atoms with Crippen molar-refractivity contribution in [3.63, 3.8) is 0 Å². The molecule has 2 aromatic rings. The van der Waals surface area contributed by atoms with Gasteiger partial charge in [0.05, 0.1) is 17.0 Å². The Morgan fingerprint density at radius 3 is 2.38 bits per heavy atom. The first kappa shape index (κ1) is 14.9. The molecule has 2 rings (SSSR count). The van der Waals surface area contributed by atoms with Gasteiger partial charge in [-0.3, -0.25) is 5.43 Å². The number of hydrazone groups is 1. The topological polar surface area (TPSA) is 44.6 Å². The van der Waals surface area contributed by atoms with Crippen molar-refractivity contribution in [2.45, 2.75) is 13.1 Å². The Labute approximate surface area is 119 Å². The summed E-state index contributed by atoms with van der Waals surface area (Å²) in [5.41, 5.74) is 3.46. The van der Waals surface area contributed by atoms with Crippen LogP contribution in [0.1, 0.15) is 18.1 Å². The number of nitrogens with one attached hydrogen (secondary N) is 1. The van der Waals surface area contributed by atoms with Gasteiger partial charge in [0, 0.05) is 0 Å². The van der Waals surface area contributed by atoms with Gasteiger partial charge in [-0.1, -0.05) is 6.07 Å². The highest BCUT2D eigenvalue weighted by Crippen LogP contribution is 2.30. The van der Waals surface area contributed by atoms with Gasteiger partial charge >= 0.3 is 6.18 Å². The molecule has 3 nitrogen and oxygen atoms in total. The number of rotatable bonds is 3. The van der Waals surface area contributed by atoms with Crippen LogP contribution in [-0.4, -0.2) is 10.8 Å². The van der Waals surface area contributed by atoms with Crippen LogP contribution in [0.25, 0.3) is 0 Å². The minimum absolute atomic E-state index is 0.136. The first-order chi connectivity index (χ1) is 9.86. The Morgan fingerprint density at radius 2 is 1.76 bits per heavy atom. The zero-order valence-electron chi connectivity index (χ0n) is 11.1. The minimum Gasteiger partial charge on any atom is -0.508 e. The summed E-state index contributed by atoms with van der Waals surface area (Å²) < 4.78 is 37.7. The second kappa shape index (κ2) is 5.87. The lowest BCUT2D eigenvalue weighted by Gasteiger charge is -2.09. The van der Waals surface area contributed by atoms with E-state index in [0.29, 0.717) is 5.71 Å². The molecule has 0 bridgehead atoms. The SMILES string of the molecule is C/C(=N\Nc1cccc(C(F)(F)F)c1)c1ccc(O)cc1. The molecule has 2 N–H and O–H groups in total. The number of halogens is 3. The summed E-state index contributed by atoms with van der Waals surface area (Å²) in [7, 11) is 0. The monoisotopic (exact) mass is 294 g/mol. The van der Waals surface area contributed by atoms with Crippen molar-refractivity contribution in [2.24, 2.45) is 5.10 Å². The van der Waals surface area contributed by atoms with Crippen molar-refractivity contribution in [3.05, 3.63) is 59.7 Å². The summed E-state index contributed by atoms with van der Waals surface area (Å²) in [5, 5.41) is 13.2. The number of anilines is 1. The van der Waals surface area contributed by atoms with Gasteiger partial charge in [-0.25, -0.2) is 0 Å². The molecule has 21 heavy (non-hydrogen) atoms. The van der Waals surface area contributed by atoms with Crippen molar-refractivity contribution >= 4 is 11.4 Å². The highest BCUT2D eigenvalue weighted by Gasteiger charge is 2.30. The van der Waals surface area contributed by atoms with Gasteiger partial charge in [-0.05, 0) is 55.0 Å². The Morgan fingerprint density at radius 1 is 1.10 bits per heavy atom. The highest BCUT2D eigenvalue weighted by molar-refractivity contribution is 5.99. The molecular formula is C15H13F3N2O. The molecule has 0 aliphatic rings. The van der Waals surface area contributed by atoms with E-state index >= 15 is 0 Å². The number of hydrogen-bond acceptors (Lipinski definition) is 3. The van der Waals surface area contributed by atoms with E-state index in [9.17, 15) is 18.3 Å². The Hall–Kier alpha value is -2.50. The van der Waals surface area contributed by atoms with Gasteiger partial charge in [-0.15, -0.1) is 0 Å². The van der Waals surface area contributed by atoms with Crippen molar-refractivity contribution < 1.29 is 18.3 Å². The summed E-state index contributed by atoms with van der Waals surface area (Å²) in [5.74, 6) is 0.136. The summed E-state index contributed by atoms with van der Waals surface area (Å²) in [6.45, 7) is 1.72. The van der Waals surface area contributed by atoms with Crippen LogP contribution < -0.4 is 5.43 Å². The van der Waals surface area contributed by atoms with Crippen LogP contribution in [0.3, 0.4) is 0 Å². The van der Waals surface area contributed by atoms with Crippen LogP contribution in [-0.2, 0) is 6.18 Å². The maximum absolute atomic E-state index is 12.6. The van der Waals surface area contributed by atoms with E-state index in [1.807, 2.05) is 0 Å². The zero-order valence-corrected chi connectivity index (χ0v) is 11.1. The second-order valence-corrected chi connectivity index (χ2v) is 4.43. The molecule has 0 atom stereocenters. The summed E-state index contributed by atoms with van der Waals surface area (Å²) in [6, 6.07) is 11.2. The maximum atomic E-state index is 12.6. The lowest BCUT2D eigenvalue weighted by Crippen LogP contribution is -2.05. The van der Waals surface area contributed by atoms with E-state index in [-0.39, 0.29) is 11.4 Å². The van der Waals surface area contributed by atoms with E-state index in [0.717, 1.165) is 17.7 Å². The van der Waals surface area contributed by atoms with Gasteiger partial charge in [0.25, 0.3) is 0 Å². The normalized spacial score (nSPS) is 12.3. The van der Waals surface area contributed by atoms with Gasteiger partial charge in [0.2, 0.25) is 0 Å². The number of nitrogens with zero attached hydrogens (tertiary/aromatic N) is 1. The molecule has 0 aliphatic heterocycles. The van der Waals surface area contributed by atoms with E-state index in [2.05, 4.69) is 10.5 Å². The van der Waals surface area contributed by atoms with E-state index in [4.69, 9.17) is 0 Å². The van der Waals surface area contributed by atoms with Crippen molar-refractivity contribution in [3.8, 4) is 5.75 Å². The Bertz CT molecular complexity index is 649. The van der Waals surface area contributed by atoms with Gasteiger partial charge < -0.3 is 5.11 Å². The number of alkyl halides is 3. The fourth-order valence-electron chi connectivity index (χ4n) is 1.68. The third kappa shape index (κ3) is 3.98. The standard InChI is InChI=1S/C15H13F3N2O/c1-10(11-5-7-14(21)8-6-11)19-20-13-4-2-3-12(9-13)15(16,17)18/h2-9,20-21H,1H3/b19-10+. The molecule has 0 radical (unpaired) electrons. The number of phenolic OH excluding ortho intramolecular Hbond substituents is 1. The molecule has 2 aromatic carbocycles. The van der Waals surface area contributed by atoms with Crippen molar-refractivity contribution in [1.82, 2.24) is 0 Å². The first-order valence-electron chi connectivity index (χ1n) is 6.13. The third-order valence-corrected chi connectivity index (χ3v) is 2.83. The molecule has 0 fully saturated rings. The third-order valence-electron chi connectivity index (χ3n) is 2.83. The predicted octanol–water partition coefficient (Wildman–Crippen LogP) is 4.25. The average molecular weight is 294 g/mol. The molecule has 0 saturated heterocycles. The Kier molecular flexibility index (Phi) is 4.16. The molecule has 6 heteroatoms. The van der Waals surface area contributed by atoms with Crippen LogP contribution >= 0.6 is 0 Å². The Balaban J connectivity index is 2.15. The molecule has 0 saturated carbocycles. The minimum atomic E-state index is -4.38. The van der Waals surface area contributed by atoms with Gasteiger partial charge in [0.1, 0.15) is 5.75 Å². The van der Waals surface area contributed by atoms with Gasteiger partial charge in [-0.2, -0.15) is 18.3 Å². The fraction of sp³-hybridized carbons (Fsp3) is 0.133. The first-order valence-corrected chi connectivity index (χ1v) is 6.13. The van der Waals surface area contributed by atoms with Crippen LogP contribution in [0.5, 0.6) is 5.75 Å². The second-order valence-electron chi connectivity index (χ2n) is 4.43. The van der Waals surface area contributed by atoms with Crippen molar-refractivity contribution in [1.29, 1.82) is 0 Å². The average Bonchev–Trinajstić information content (AvgIpc) is 2.45. The van der Waals surface area contributed by atoms with E-state index in [1.165, 1.54) is 24.3 Å². The van der Waals surface area contributed by atoms with Crippen LogP contribution in [0.15, 0.2) is 53.6 Å². The molecule has 0 unspecified atom stereocenters. The summed E-state index contributed by atoms with van der Waals surface area (Å²) in [4.78, 5) is 0. The molecule has 110 valence electrons. The largest absolute Gasteiger partial charge is 0.508 e. The molecular weight excluding hydrogens is 281 g/mol. The number of phenols is 1. The lowest BCUT2D eigenvalue weighted by atomic mass is 10.1. The zero-order chi connectivity index (χ0) is 15.5. The molecule has 0 aromatic heterocycles. The van der Waals surface area contributed by atoms with Crippen molar-refractivity contribution in [2.75, 3.05) is 5.43 Å².